The maximum atomic E-state index is 12.3. The summed E-state index contributed by atoms with van der Waals surface area (Å²) in [5.41, 5.74) is 0.826. The predicted molar refractivity (Wildman–Crippen MR) is 89.2 cm³/mol. The van der Waals surface area contributed by atoms with Crippen molar-refractivity contribution < 1.29 is 4.79 Å². The van der Waals surface area contributed by atoms with Crippen LogP contribution in [0.25, 0.3) is 0 Å². The van der Waals surface area contributed by atoms with Crippen LogP contribution in [-0.2, 0) is 12.1 Å². The zero-order valence-electron chi connectivity index (χ0n) is 13.3. The van der Waals surface area contributed by atoms with Crippen LogP contribution in [0.3, 0.4) is 0 Å². The molecule has 0 spiro atoms. The smallest absolute Gasteiger partial charge is 0.323 e. The lowest BCUT2D eigenvalue weighted by molar-refractivity contribution is 0.220. The average molecular weight is 321 g/mol. The van der Waals surface area contributed by atoms with Gasteiger partial charge >= 0.3 is 6.03 Å². The molecule has 1 aromatic heterocycles. The number of carbonyl (C=O) groups is 1. The Morgan fingerprint density at radius 2 is 1.91 bits per heavy atom. The van der Waals surface area contributed by atoms with Gasteiger partial charge in [-0.2, -0.15) is 5.10 Å². The Balaban J connectivity index is 2.03. The van der Waals surface area contributed by atoms with Crippen LogP contribution in [0.15, 0.2) is 36.5 Å². The molecule has 0 unspecified atom stereocenters. The molecule has 0 aliphatic heterocycles. The molecule has 0 fully saturated rings. The van der Waals surface area contributed by atoms with E-state index in [1.54, 1.807) is 28.9 Å². The predicted octanol–water partition coefficient (Wildman–Crippen LogP) is 3.96. The molecule has 0 atom stereocenters. The van der Waals surface area contributed by atoms with Crippen molar-refractivity contribution in [1.82, 2.24) is 14.7 Å². The van der Waals surface area contributed by atoms with E-state index in [0.717, 1.165) is 5.56 Å². The van der Waals surface area contributed by atoms with Gasteiger partial charge in [0.25, 0.3) is 0 Å². The van der Waals surface area contributed by atoms with E-state index in [4.69, 9.17) is 11.6 Å². The number of halogens is 1. The first-order chi connectivity index (χ1) is 10.3. The van der Waals surface area contributed by atoms with Crippen LogP contribution in [0.1, 0.15) is 26.3 Å². The Bertz CT molecular complexity index is 643. The number of hydrogen-bond donors (Lipinski definition) is 1. The Hall–Kier alpha value is -2.01. The van der Waals surface area contributed by atoms with Gasteiger partial charge in [-0.25, -0.2) is 9.48 Å². The summed E-state index contributed by atoms with van der Waals surface area (Å²) in [5.74, 6) is 0.681. The molecule has 0 saturated heterocycles. The van der Waals surface area contributed by atoms with E-state index in [1.165, 1.54) is 0 Å². The number of benzene rings is 1. The van der Waals surface area contributed by atoms with Gasteiger partial charge in [-0.05, 0) is 38.5 Å². The molecular formula is C16H21ClN4O. The van der Waals surface area contributed by atoms with E-state index in [2.05, 4.69) is 10.4 Å². The minimum Gasteiger partial charge on any atom is -0.323 e. The van der Waals surface area contributed by atoms with Gasteiger partial charge < -0.3 is 4.90 Å². The summed E-state index contributed by atoms with van der Waals surface area (Å²) in [5, 5.41) is 7.84. The lowest BCUT2D eigenvalue weighted by Crippen LogP contribution is -2.33. The molecule has 2 aromatic rings. The average Bonchev–Trinajstić information content (AvgIpc) is 2.89. The Kier molecular flexibility index (Phi) is 4.76. The third-order valence-corrected chi connectivity index (χ3v) is 3.44. The molecule has 2 rings (SSSR count). The number of nitrogens with zero attached hydrogens (tertiary/aromatic N) is 3. The molecular weight excluding hydrogens is 300 g/mol. The van der Waals surface area contributed by atoms with E-state index in [9.17, 15) is 4.79 Å². The summed E-state index contributed by atoms with van der Waals surface area (Å²) in [6, 6.07) is 9.06. The number of anilines is 1. The molecule has 1 heterocycles. The second-order valence-electron chi connectivity index (χ2n) is 6.21. The SMILES string of the molecule is CN(Cc1ccc(Cl)cc1)C(=O)Nc1ccnn1C(C)(C)C. The molecule has 0 radical (unpaired) electrons. The molecule has 2 amide bonds. The third kappa shape index (κ3) is 4.01. The van der Waals surface area contributed by atoms with Crippen LogP contribution in [0.4, 0.5) is 10.6 Å². The Labute approximate surface area is 135 Å². The van der Waals surface area contributed by atoms with Gasteiger partial charge in [0.15, 0.2) is 0 Å². The minimum atomic E-state index is -0.194. The normalized spacial score (nSPS) is 11.3. The number of carbonyl (C=O) groups excluding carboxylic acids is 1. The standard InChI is InChI=1S/C16H21ClN4O/c1-16(2,3)21-14(9-10-18-21)19-15(22)20(4)11-12-5-7-13(17)8-6-12/h5-10H,11H2,1-4H3,(H,19,22). The fraction of sp³-hybridized carbons (Fsp3) is 0.375. The maximum absolute atomic E-state index is 12.3. The number of urea groups is 1. The molecule has 0 aliphatic carbocycles. The fourth-order valence-corrected chi connectivity index (χ4v) is 2.20. The lowest BCUT2D eigenvalue weighted by Gasteiger charge is -2.24. The number of aromatic nitrogens is 2. The topological polar surface area (TPSA) is 50.2 Å². The van der Waals surface area contributed by atoms with Crippen LogP contribution in [0, 0.1) is 0 Å². The van der Waals surface area contributed by atoms with Crippen molar-refractivity contribution in [1.29, 1.82) is 0 Å². The molecule has 1 N–H and O–H groups in total. The highest BCUT2D eigenvalue weighted by atomic mass is 35.5. The van der Waals surface area contributed by atoms with Gasteiger partial charge in [-0.1, -0.05) is 23.7 Å². The summed E-state index contributed by atoms with van der Waals surface area (Å²) in [6.45, 7) is 6.61. The van der Waals surface area contributed by atoms with Gasteiger partial charge in [0.05, 0.1) is 11.7 Å². The van der Waals surface area contributed by atoms with E-state index < -0.39 is 0 Å². The highest BCUT2D eigenvalue weighted by Gasteiger charge is 2.19. The van der Waals surface area contributed by atoms with Crippen molar-refractivity contribution >= 4 is 23.4 Å². The van der Waals surface area contributed by atoms with Gasteiger partial charge in [0.1, 0.15) is 5.82 Å². The summed E-state index contributed by atoms with van der Waals surface area (Å²) in [7, 11) is 1.75. The van der Waals surface area contributed by atoms with Crippen molar-refractivity contribution in [3.8, 4) is 0 Å². The van der Waals surface area contributed by atoms with E-state index in [1.807, 2.05) is 45.0 Å². The van der Waals surface area contributed by atoms with Crippen LogP contribution < -0.4 is 5.32 Å². The lowest BCUT2D eigenvalue weighted by atomic mass is 10.1. The molecule has 22 heavy (non-hydrogen) atoms. The van der Waals surface area contributed by atoms with Crippen molar-refractivity contribution in [3.05, 3.63) is 47.1 Å². The van der Waals surface area contributed by atoms with Crippen LogP contribution in [0.2, 0.25) is 5.02 Å². The van der Waals surface area contributed by atoms with Crippen molar-refractivity contribution in [2.75, 3.05) is 12.4 Å². The molecule has 5 nitrogen and oxygen atoms in total. The fourth-order valence-electron chi connectivity index (χ4n) is 2.07. The summed E-state index contributed by atoms with van der Waals surface area (Å²) < 4.78 is 1.79. The number of nitrogens with one attached hydrogen (secondary N) is 1. The zero-order chi connectivity index (χ0) is 16.3. The summed E-state index contributed by atoms with van der Waals surface area (Å²) in [4.78, 5) is 13.9. The maximum Gasteiger partial charge on any atom is 0.323 e. The Morgan fingerprint density at radius 3 is 2.50 bits per heavy atom. The molecule has 118 valence electrons. The van der Waals surface area contributed by atoms with Gasteiger partial charge in [0.2, 0.25) is 0 Å². The number of hydrogen-bond acceptors (Lipinski definition) is 2. The summed E-state index contributed by atoms with van der Waals surface area (Å²) >= 11 is 5.86. The van der Waals surface area contributed by atoms with E-state index in [-0.39, 0.29) is 11.6 Å². The van der Waals surface area contributed by atoms with E-state index >= 15 is 0 Å². The summed E-state index contributed by atoms with van der Waals surface area (Å²) in [6.07, 6.45) is 1.68. The first kappa shape index (κ1) is 16.4. The van der Waals surface area contributed by atoms with Gasteiger partial charge in [-0.3, -0.25) is 5.32 Å². The zero-order valence-corrected chi connectivity index (χ0v) is 14.1. The van der Waals surface area contributed by atoms with Crippen LogP contribution >= 0.6 is 11.6 Å². The van der Waals surface area contributed by atoms with Crippen molar-refractivity contribution in [2.45, 2.75) is 32.9 Å². The van der Waals surface area contributed by atoms with Crippen LogP contribution in [0.5, 0.6) is 0 Å². The van der Waals surface area contributed by atoms with Gasteiger partial charge in [0, 0.05) is 24.7 Å². The quantitative estimate of drug-likeness (QED) is 0.930. The second-order valence-corrected chi connectivity index (χ2v) is 6.65. The highest BCUT2D eigenvalue weighted by Crippen LogP contribution is 2.19. The number of rotatable bonds is 3. The molecule has 1 aromatic carbocycles. The second kappa shape index (κ2) is 6.40. The van der Waals surface area contributed by atoms with Crippen LogP contribution in [-0.4, -0.2) is 27.8 Å². The minimum absolute atomic E-state index is 0.180. The van der Waals surface area contributed by atoms with E-state index in [0.29, 0.717) is 17.4 Å². The molecule has 0 aliphatic rings. The monoisotopic (exact) mass is 320 g/mol. The molecule has 6 heteroatoms. The van der Waals surface area contributed by atoms with Crippen molar-refractivity contribution in [2.24, 2.45) is 0 Å². The first-order valence-corrected chi connectivity index (χ1v) is 7.46. The first-order valence-electron chi connectivity index (χ1n) is 7.08. The largest absolute Gasteiger partial charge is 0.323 e. The molecule has 0 bridgehead atoms. The Morgan fingerprint density at radius 1 is 1.27 bits per heavy atom. The van der Waals surface area contributed by atoms with Gasteiger partial charge in [-0.15, -0.1) is 0 Å². The van der Waals surface area contributed by atoms with Crippen molar-refractivity contribution in [3.63, 3.8) is 0 Å². The highest BCUT2D eigenvalue weighted by molar-refractivity contribution is 6.30. The third-order valence-electron chi connectivity index (χ3n) is 3.19. The molecule has 0 saturated carbocycles. The number of amides is 2.